The lowest BCUT2D eigenvalue weighted by atomic mass is 9.97. The van der Waals surface area contributed by atoms with Gasteiger partial charge in [0.05, 0.1) is 5.56 Å². The van der Waals surface area contributed by atoms with E-state index in [4.69, 9.17) is 10.2 Å². The van der Waals surface area contributed by atoms with E-state index in [1.54, 1.807) is 4.68 Å². The van der Waals surface area contributed by atoms with Crippen molar-refractivity contribution >= 4 is 5.82 Å². The summed E-state index contributed by atoms with van der Waals surface area (Å²) in [6, 6.07) is 10.2. The normalized spacial score (nSPS) is 11.0. The molecule has 1 aromatic carbocycles. The van der Waals surface area contributed by atoms with Crippen LogP contribution in [0, 0.1) is 20.8 Å². The van der Waals surface area contributed by atoms with E-state index >= 15 is 0 Å². The Hall–Kier alpha value is -2.49. The summed E-state index contributed by atoms with van der Waals surface area (Å²) in [7, 11) is 1.86. The molecule has 3 rings (SSSR count). The zero-order chi connectivity index (χ0) is 15.1. The van der Waals surface area contributed by atoms with E-state index in [-0.39, 0.29) is 0 Å². The van der Waals surface area contributed by atoms with Crippen LogP contribution in [0.15, 0.2) is 34.7 Å². The molecule has 2 N–H and O–H groups in total. The average molecular weight is 281 g/mol. The van der Waals surface area contributed by atoms with Gasteiger partial charge in [-0.3, -0.25) is 4.68 Å². The first kappa shape index (κ1) is 13.5. The molecule has 0 radical (unpaired) electrons. The van der Waals surface area contributed by atoms with Crippen molar-refractivity contribution in [3.05, 3.63) is 47.4 Å². The standard InChI is InChI=1S/C17H19N3O/c1-10-7-5-6-8-13(10)15-16(19-20(4)17(15)18)14-9-11(2)21-12(14)3/h5-9H,18H2,1-4H3. The number of furan rings is 1. The molecule has 0 aliphatic rings. The number of nitrogens with two attached hydrogens (primary N) is 1. The SMILES string of the molecule is Cc1cc(-c2nn(C)c(N)c2-c2ccccc2C)c(C)o1. The Morgan fingerprint density at radius 2 is 1.81 bits per heavy atom. The third-order valence-corrected chi connectivity index (χ3v) is 3.80. The first-order valence-electron chi connectivity index (χ1n) is 6.95. The number of nitrogens with zero attached hydrogens (tertiary/aromatic N) is 2. The summed E-state index contributed by atoms with van der Waals surface area (Å²) in [5, 5.41) is 4.60. The van der Waals surface area contributed by atoms with Crippen molar-refractivity contribution in [1.82, 2.24) is 9.78 Å². The predicted molar refractivity (Wildman–Crippen MR) is 85.0 cm³/mol. The average Bonchev–Trinajstić information content (AvgIpc) is 2.91. The number of hydrogen-bond acceptors (Lipinski definition) is 3. The number of benzene rings is 1. The zero-order valence-corrected chi connectivity index (χ0v) is 12.8. The van der Waals surface area contributed by atoms with Crippen molar-refractivity contribution in [2.75, 3.05) is 5.73 Å². The van der Waals surface area contributed by atoms with Gasteiger partial charge in [-0.1, -0.05) is 24.3 Å². The Balaban J connectivity index is 2.31. The monoisotopic (exact) mass is 281 g/mol. The molecule has 0 amide bonds. The molecule has 2 heterocycles. The van der Waals surface area contributed by atoms with Gasteiger partial charge in [-0.25, -0.2) is 0 Å². The summed E-state index contributed by atoms with van der Waals surface area (Å²) in [5.74, 6) is 2.40. The second-order valence-electron chi connectivity index (χ2n) is 5.37. The molecule has 4 nitrogen and oxygen atoms in total. The molecule has 0 atom stereocenters. The number of aryl methyl sites for hydroxylation is 4. The van der Waals surface area contributed by atoms with Crippen LogP contribution in [-0.4, -0.2) is 9.78 Å². The van der Waals surface area contributed by atoms with E-state index in [9.17, 15) is 0 Å². The summed E-state index contributed by atoms with van der Waals surface area (Å²) in [5.41, 5.74) is 11.4. The lowest BCUT2D eigenvalue weighted by Gasteiger charge is -2.07. The van der Waals surface area contributed by atoms with Crippen LogP contribution in [0.4, 0.5) is 5.82 Å². The Bertz CT molecular complexity index is 812. The highest BCUT2D eigenvalue weighted by Gasteiger charge is 2.21. The molecule has 0 bridgehead atoms. The Morgan fingerprint density at radius 1 is 1.10 bits per heavy atom. The summed E-state index contributed by atoms with van der Waals surface area (Å²) in [6.07, 6.45) is 0. The van der Waals surface area contributed by atoms with Crippen LogP contribution >= 0.6 is 0 Å². The molecule has 0 spiro atoms. The number of rotatable bonds is 2. The summed E-state index contributed by atoms with van der Waals surface area (Å²) < 4.78 is 7.37. The highest BCUT2D eigenvalue weighted by atomic mass is 16.3. The molecule has 0 aliphatic carbocycles. The van der Waals surface area contributed by atoms with Crippen LogP contribution in [0.1, 0.15) is 17.1 Å². The maximum Gasteiger partial charge on any atom is 0.129 e. The van der Waals surface area contributed by atoms with Crippen molar-refractivity contribution in [1.29, 1.82) is 0 Å². The van der Waals surface area contributed by atoms with Crippen LogP contribution < -0.4 is 5.73 Å². The predicted octanol–water partition coefficient (Wildman–Crippen LogP) is 3.85. The number of hydrogen-bond donors (Lipinski definition) is 1. The molecule has 3 aromatic rings. The summed E-state index contributed by atoms with van der Waals surface area (Å²) in [6.45, 7) is 5.98. The van der Waals surface area contributed by atoms with Crippen LogP contribution in [0.25, 0.3) is 22.4 Å². The van der Waals surface area contributed by atoms with Gasteiger partial charge in [-0.15, -0.1) is 0 Å². The van der Waals surface area contributed by atoms with Gasteiger partial charge in [0, 0.05) is 12.6 Å². The lowest BCUT2D eigenvalue weighted by Crippen LogP contribution is -1.98. The number of aromatic nitrogens is 2. The maximum absolute atomic E-state index is 6.27. The van der Waals surface area contributed by atoms with Gasteiger partial charge in [0.2, 0.25) is 0 Å². The number of anilines is 1. The molecular weight excluding hydrogens is 262 g/mol. The van der Waals surface area contributed by atoms with Crippen LogP contribution in [0.5, 0.6) is 0 Å². The van der Waals surface area contributed by atoms with Gasteiger partial charge in [0.25, 0.3) is 0 Å². The molecule has 2 aromatic heterocycles. The van der Waals surface area contributed by atoms with Gasteiger partial charge in [0.15, 0.2) is 0 Å². The molecule has 0 aliphatic heterocycles. The molecule has 21 heavy (non-hydrogen) atoms. The fraction of sp³-hybridized carbons (Fsp3) is 0.235. The number of nitrogen functional groups attached to an aromatic ring is 1. The van der Waals surface area contributed by atoms with Gasteiger partial charge in [-0.2, -0.15) is 5.10 Å². The van der Waals surface area contributed by atoms with E-state index in [1.807, 2.05) is 39.1 Å². The van der Waals surface area contributed by atoms with Crippen molar-refractivity contribution in [2.45, 2.75) is 20.8 Å². The summed E-state index contributed by atoms with van der Waals surface area (Å²) in [4.78, 5) is 0. The van der Waals surface area contributed by atoms with Crippen molar-refractivity contribution < 1.29 is 4.42 Å². The minimum Gasteiger partial charge on any atom is -0.466 e. The van der Waals surface area contributed by atoms with E-state index in [0.29, 0.717) is 5.82 Å². The molecule has 0 unspecified atom stereocenters. The Kier molecular flexibility index (Phi) is 3.09. The first-order chi connectivity index (χ1) is 9.99. The molecule has 108 valence electrons. The minimum absolute atomic E-state index is 0.664. The topological polar surface area (TPSA) is 57.0 Å². The first-order valence-corrected chi connectivity index (χ1v) is 6.95. The molecule has 0 saturated carbocycles. The Morgan fingerprint density at radius 3 is 2.43 bits per heavy atom. The van der Waals surface area contributed by atoms with Crippen LogP contribution in [-0.2, 0) is 7.05 Å². The second-order valence-corrected chi connectivity index (χ2v) is 5.37. The van der Waals surface area contributed by atoms with Crippen molar-refractivity contribution in [3.8, 4) is 22.4 Å². The fourth-order valence-corrected chi connectivity index (χ4v) is 2.71. The van der Waals surface area contributed by atoms with Crippen LogP contribution in [0.3, 0.4) is 0 Å². The molecule has 0 saturated heterocycles. The van der Waals surface area contributed by atoms with E-state index in [2.05, 4.69) is 24.2 Å². The summed E-state index contributed by atoms with van der Waals surface area (Å²) >= 11 is 0. The third-order valence-electron chi connectivity index (χ3n) is 3.80. The Labute approximate surface area is 124 Å². The van der Waals surface area contributed by atoms with E-state index in [1.165, 1.54) is 5.56 Å². The van der Waals surface area contributed by atoms with Gasteiger partial charge in [0.1, 0.15) is 23.0 Å². The smallest absolute Gasteiger partial charge is 0.129 e. The highest BCUT2D eigenvalue weighted by molar-refractivity contribution is 5.89. The van der Waals surface area contributed by atoms with Gasteiger partial charge >= 0.3 is 0 Å². The molecular formula is C17H19N3O. The lowest BCUT2D eigenvalue weighted by molar-refractivity contribution is 0.505. The third kappa shape index (κ3) is 2.13. The zero-order valence-electron chi connectivity index (χ0n) is 12.8. The van der Waals surface area contributed by atoms with E-state index < -0.39 is 0 Å². The van der Waals surface area contributed by atoms with Crippen molar-refractivity contribution in [2.24, 2.45) is 7.05 Å². The second kappa shape index (κ2) is 4.81. The van der Waals surface area contributed by atoms with Gasteiger partial charge < -0.3 is 10.2 Å². The van der Waals surface area contributed by atoms with Crippen LogP contribution in [0.2, 0.25) is 0 Å². The highest BCUT2D eigenvalue weighted by Crippen LogP contribution is 2.39. The van der Waals surface area contributed by atoms with E-state index in [0.717, 1.165) is 33.9 Å². The molecule has 0 fully saturated rings. The van der Waals surface area contributed by atoms with Gasteiger partial charge in [-0.05, 0) is 38.0 Å². The molecule has 4 heteroatoms. The largest absolute Gasteiger partial charge is 0.466 e. The quantitative estimate of drug-likeness (QED) is 0.776. The minimum atomic E-state index is 0.664. The fourth-order valence-electron chi connectivity index (χ4n) is 2.71. The maximum atomic E-state index is 6.27. The van der Waals surface area contributed by atoms with Crippen molar-refractivity contribution in [3.63, 3.8) is 0 Å².